The van der Waals surface area contributed by atoms with Crippen LogP contribution in [-0.2, 0) is 4.74 Å². The summed E-state index contributed by atoms with van der Waals surface area (Å²) in [4.78, 5) is 27.1. The Bertz CT molecular complexity index is 1010. The average molecular weight is 352 g/mol. The quantitative estimate of drug-likeness (QED) is 0.553. The van der Waals surface area contributed by atoms with Gasteiger partial charge in [-0.1, -0.05) is 0 Å². The molecule has 2 heterocycles. The second-order valence-electron chi connectivity index (χ2n) is 5.44. The minimum atomic E-state index is -1.03. The van der Waals surface area contributed by atoms with E-state index < -0.39 is 11.9 Å². The third kappa shape index (κ3) is 3.44. The normalized spacial score (nSPS) is 11.2. The topological polar surface area (TPSA) is 106 Å². The number of nitrogens with zero attached hydrogens (tertiary/aromatic N) is 4. The summed E-state index contributed by atoms with van der Waals surface area (Å²) in [6.07, 6.45) is 1.45. The molecule has 0 unspecified atom stereocenters. The van der Waals surface area contributed by atoms with Crippen LogP contribution in [0.25, 0.3) is 5.65 Å². The molecule has 0 aliphatic rings. The SMILES string of the molecule is CCOC(=O)c1ccc(N=Nc2c(C)nc3ccc(C(=O)O)cn23)cc1. The molecular formula is C18H16N4O4. The number of pyridine rings is 1. The predicted molar refractivity (Wildman–Crippen MR) is 93.5 cm³/mol. The van der Waals surface area contributed by atoms with Gasteiger partial charge in [0.15, 0.2) is 5.82 Å². The monoisotopic (exact) mass is 352 g/mol. The molecule has 0 spiro atoms. The maximum Gasteiger partial charge on any atom is 0.338 e. The highest BCUT2D eigenvalue weighted by atomic mass is 16.5. The molecule has 1 aromatic carbocycles. The van der Waals surface area contributed by atoms with E-state index in [0.29, 0.717) is 35.0 Å². The third-order valence-corrected chi connectivity index (χ3v) is 3.65. The summed E-state index contributed by atoms with van der Waals surface area (Å²) in [6, 6.07) is 9.61. The fourth-order valence-corrected chi connectivity index (χ4v) is 2.38. The first-order valence-corrected chi connectivity index (χ1v) is 7.90. The van der Waals surface area contributed by atoms with Gasteiger partial charge in [0, 0.05) is 6.20 Å². The lowest BCUT2D eigenvalue weighted by atomic mass is 10.2. The van der Waals surface area contributed by atoms with Crippen LogP contribution in [0.1, 0.15) is 33.3 Å². The highest BCUT2D eigenvalue weighted by molar-refractivity contribution is 5.89. The smallest absolute Gasteiger partial charge is 0.338 e. The van der Waals surface area contributed by atoms with Crippen LogP contribution in [-0.4, -0.2) is 33.0 Å². The zero-order valence-electron chi connectivity index (χ0n) is 14.2. The molecule has 0 radical (unpaired) electrons. The number of carbonyl (C=O) groups excluding carboxylic acids is 1. The number of hydrogen-bond donors (Lipinski definition) is 1. The number of esters is 1. The molecule has 1 N–H and O–H groups in total. The molecule has 3 aromatic rings. The fourth-order valence-electron chi connectivity index (χ4n) is 2.38. The number of aromatic nitrogens is 2. The molecule has 0 atom stereocenters. The van der Waals surface area contributed by atoms with Crippen LogP contribution in [0.3, 0.4) is 0 Å². The largest absolute Gasteiger partial charge is 0.478 e. The van der Waals surface area contributed by atoms with E-state index in [-0.39, 0.29) is 5.56 Å². The Labute approximate surface area is 148 Å². The van der Waals surface area contributed by atoms with Crippen LogP contribution in [0.5, 0.6) is 0 Å². The first-order chi connectivity index (χ1) is 12.5. The van der Waals surface area contributed by atoms with Gasteiger partial charge in [0.2, 0.25) is 0 Å². The summed E-state index contributed by atoms with van der Waals surface area (Å²) in [6.45, 7) is 3.83. The number of benzene rings is 1. The molecule has 0 aliphatic carbocycles. The molecule has 2 aromatic heterocycles. The zero-order valence-corrected chi connectivity index (χ0v) is 14.2. The van der Waals surface area contributed by atoms with Gasteiger partial charge in [-0.05, 0) is 50.2 Å². The van der Waals surface area contributed by atoms with E-state index in [9.17, 15) is 9.59 Å². The molecule has 0 saturated carbocycles. The van der Waals surface area contributed by atoms with Gasteiger partial charge in [0.05, 0.1) is 29.1 Å². The minimum absolute atomic E-state index is 0.130. The molecule has 8 nitrogen and oxygen atoms in total. The Hall–Kier alpha value is -3.55. The number of hydrogen-bond acceptors (Lipinski definition) is 6. The molecule has 0 aliphatic heterocycles. The van der Waals surface area contributed by atoms with Crippen molar-refractivity contribution in [3.8, 4) is 0 Å². The van der Waals surface area contributed by atoms with E-state index in [1.165, 1.54) is 12.3 Å². The summed E-state index contributed by atoms with van der Waals surface area (Å²) in [5, 5.41) is 17.5. The number of azo groups is 1. The van der Waals surface area contributed by atoms with Crippen LogP contribution in [0.15, 0.2) is 52.8 Å². The van der Waals surface area contributed by atoms with Gasteiger partial charge in [-0.25, -0.2) is 14.6 Å². The average Bonchev–Trinajstić information content (AvgIpc) is 2.95. The Morgan fingerprint density at radius 3 is 2.46 bits per heavy atom. The summed E-state index contributed by atoms with van der Waals surface area (Å²) in [5.41, 5.74) is 2.31. The van der Waals surface area contributed by atoms with E-state index in [0.717, 1.165) is 0 Å². The van der Waals surface area contributed by atoms with E-state index >= 15 is 0 Å². The Kier molecular flexibility index (Phi) is 4.74. The van der Waals surface area contributed by atoms with Gasteiger partial charge >= 0.3 is 11.9 Å². The van der Waals surface area contributed by atoms with Crippen molar-refractivity contribution in [3.63, 3.8) is 0 Å². The van der Waals surface area contributed by atoms with Crippen molar-refractivity contribution in [1.29, 1.82) is 0 Å². The van der Waals surface area contributed by atoms with Crippen LogP contribution < -0.4 is 0 Å². The molecule has 0 saturated heterocycles. The lowest BCUT2D eigenvalue weighted by molar-refractivity contribution is 0.0526. The Balaban J connectivity index is 1.90. The van der Waals surface area contributed by atoms with Gasteiger partial charge in [-0.3, -0.25) is 4.40 Å². The predicted octanol–water partition coefficient (Wildman–Crippen LogP) is 3.93. The standard InChI is InChI=1S/C18H16N4O4/c1-3-26-18(25)12-4-7-14(8-5-12)20-21-16-11(2)19-15-9-6-13(17(23)24)10-22(15)16/h4-10H,3H2,1-2H3,(H,23,24). The first-order valence-electron chi connectivity index (χ1n) is 7.90. The number of ether oxygens (including phenoxy) is 1. The summed E-state index contributed by atoms with van der Waals surface area (Å²) >= 11 is 0. The van der Waals surface area contributed by atoms with Crippen molar-refractivity contribution in [2.24, 2.45) is 10.2 Å². The van der Waals surface area contributed by atoms with Crippen LogP contribution in [0.2, 0.25) is 0 Å². The van der Waals surface area contributed by atoms with Gasteiger partial charge in [0.25, 0.3) is 0 Å². The maximum atomic E-state index is 11.6. The van der Waals surface area contributed by atoms with Crippen molar-refractivity contribution in [1.82, 2.24) is 9.38 Å². The zero-order chi connectivity index (χ0) is 18.7. The Morgan fingerprint density at radius 1 is 1.12 bits per heavy atom. The number of aryl methyl sites for hydroxylation is 1. The number of aromatic carboxylic acids is 1. The van der Waals surface area contributed by atoms with Gasteiger partial charge in [-0.15, -0.1) is 10.2 Å². The number of carbonyl (C=O) groups is 2. The van der Waals surface area contributed by atoms with Gasteiger partial charge < -0.3 is 9.84 Å². The number of imidazole rings is 1. The molecule has 0 amide bonds. The van der Waals surface area contributed by atoms with Crippen molar-refractivity contribution < 1.29 is 19.4 Å². The van der Waals surface area contributed by atoms with E-state index in [2.05, 4.69) is 15.2 Å². The minimum Gasteiger partial charge on any atom is -0.478 e. The highest BCUT2D eigenvalue weighted by Crippen LogP contribution is 2.24. The van der Waals surface area contributed by atoms with E-state index in [1.807, 2.05) is 0 Å². The molecule has 3 rings (SSSR count). The number of fused-ring (bicyclic) bond motifs is 1. The summed E-state index contributed by atoms with van der Waals surface area (Å²) in [7, 11) is 0. The second-order valence-corrected chi connectivity index (χ2v) is 5.44. The third-order valence-electron chi connectivity index (χ3n) is 3.65. The molecular weight excluding hydrogens is 336 g/mol. The number of carboxylic acid groups (broad SMARTS) is 1. The van der Waals surface area contributed by atoms with E-state index in [4.69, 9.17) is 9.84 Å². The molecule has 8 heteroatoms. The van der Waals surface area contributed by atoms with Crippen molar-refractivity contribution in [2.75, 3.05) is 6.61 Å². The first kappa shape index (κ1) is 17.3. The highest BCUT2D eigenvalue weighted by Gasteiger charge is 2.11. The van der Waals surface area contributed by atoms with E-state index in [1.54, 1.807) is 48.6 Å². The lowest BCUT2D eigenvalue weighted by Gasteiger charge is -2.01. The Morgan fingerprint density at radius 2 is 1.81 bits per heavy atom. The number of carboxylic acids is 1. The molecule has 0 bridgehead atoms. The fraction of sp³-hybridized carbons (Fsp3) is 0.167. The maximum absolute atomic E-state index is 11.6. The molecule has 0 fully saturated rings. The van der Waals surface area contributed by atoms with Crippen LogP contribution >= 0.6 is 0 Å². The lowest BCUT2D eigenvalue weighted by Crippen LogP contribution is -2.03. The van der Waals surface area contributed by atoms with Crippen molar-refractivity contribution in [2.45, 2.75) is 13.8 Å². The van der Waals surface area contributed by atoms with Crippen LogP contribution in [0, 0.1) is 6.92 Å². The van der Waals surface area contributed by atoms with Crippen LogP contribution in [0.4, 0.5) is 11.5 Å². The summed E-state index contributed by atoms with van der Waals surface area (Å²) in [5.74, 6) is -0.983. The van der Waals surface area contributed by atoms with Crippen molar-refractivity contribution >= 4 is 29.1 Å². The molecule has 132 valence electrons. The second kappa shape index (κ2) is 7.14. The summed E-state index contributed by atoms with van der Waals surface area (Å²) < 4.78 is 6.51. The molecule has 26 heavy (non-hydrogen) atoms. The van der Waals surface area contributed by atoms with Gasteiger partial charge in [-0.2, -0.15) is 0 Å². The van der Waals surface area contributed by atoms with Crippen molar-refractivity contribution in [3.05, 3.63) is 59.4 Å². The number of rotatable bonds is 5. The van der Waals surface area contributed by atoms with Gasteiger partial charge in [0.1, 0.15) is 5.65 Å².